The van der Waals surface area contributed by atoms with Crippen molar-refractivity contribution in [2.24, 2.45) is 5.84 Å². The molecule has 0 bridgehead atoms. The van der Waals surface area contributed by atoms with Gasteiger partial charge in [-0.15, -0.1) is 0 Å². The van der Waals surface area contributed by atoms with Gasteiger partial charge in [-0.3, -0.25) is 11.3 Å². The van der Waals surface area contributed by atoms with Crippen molar-refractivity contribution in [1.29, 1.82) is 0 Å². The van der Waals surface area contributed by atoms with Crippen LogP contribution in [0.25, 0.3) is 0 Å². The Morgan fingerprint density at radius 1 is 1.25 bits per heavy atom. The number of hydrogen-bond acceptors (Lipinski definition) is 3. The maximum absolute atomic E-state index is 5.59. The van der Waals surface area contributed by atoms with E-state index in [2.05, 4.69) is 69.1 Å². The Hall–Kier alpha value is -0.430. The van der Waals surface area contributed by atoms with Crippen molar-refractivity contribution < 1.29 is 0 Å². The smallest absolute Gasteiger partial charge is 0.0508 e. The largest absolute Gasteiger partial charge is 0.271 e. The van der Waals surface area contributed by atoms with Crippen LogP contribution in [0, 0.1) is 3.57 Å². The second-order valence-electron chi connectivity index (χ2n) is 3.61. The Morgan fingerprint density at radius 2 is 2.00 bits per heavy atom. The summed E-state index contributed by atoms with van der Waals surface area (Å²) in [6.45, 7) is 0. The molecule has 2 aromatic rings. The first-order valence-electron chi connectivity index (χ1n) is 5.02. The molecule has 1 aromatic carbocycles. The summed E-state index contributed by atoms with van der Waals surface area (Å²) in [4.78, 5) is 0. The number of hydrogen-bond donors (Lipinski definition) is 2. The van der Waals surface area contributed by atoms with Gasteiger partial charge in [0.15, 0.2) is 0 Å². The first kappa shape index (κ1) is 12.0. The summed E-state index contributed by atoms with van der Waals surface area (Å²) in [6, 6.07) is 10.9. The lowest BCUT2D eigenvalue weighted by molar-refractivity contribution is 0.553. The Balaban J connectivity index is 2.10. The molecule has 0 aliphatic rings. The summed E-state index contributed by atoms with van der Waals surface area (Å²) in [5, 5.41) is 4.21. The Kier molecular flexibility index (Phi) is 4.34. The van der Waals surface area contributed by atoms with Crippen LogP contribution in [-0.4, -0.2) is 0 Å². The minimum atomic E-state index is 0.200. The maximum atomic E-state index is 5.59. The summed E-state index contributed by atoms with van der Waals surface area (Å²) in [5.41, 5.74) is 5.43. The molecule has 3 N–H and O–H groups in total. The van der Waals surface area contributed by atoms with Crippen molar-refractivity contribution in [2.75, 3.05) is 0 Å². The Labute approximate surface area is 113 Å². The fraction of sp³-hybridized carbons (Fsp3) is 0.167. The molecule has 1 heterocycles. The van der Waals surface area contributed by atoms with Crippen LogP contribution in [0.1, 0.15) is 17.2 Å². The summed E-state index contributed by atoms with van der Waals surface area (Å²) in [5.74, 6) is 5.59. The lowest BCUT2D eigenvalue weighted by atomic mass is 10.0. The molecule has 0 spiro atoms. The third-order valence-corrected chi connectivity index (χ3v) is 3.92. The average Bonchev–Trinajstić information content (AvgIpc) is 2.82. The molecule has 0 saturated heterocycles. The molecule has 1 atom stereocenters. The molecule has 16 heavy (non-hydrogen) atoms. The highest BCUT2D eigenvalue weighted by Crippen LogP contribution is 2.20. The van der Waals surface area contributed by atoms with Crippen molar-refractivity contribution in [2.45, 2.75) is 12.5 Å². The van der Waals surface area contributed by atoms with Crippen molar-refractivity contribution in [3.05, 3.63) is 55.8 Å². The van der Waals surface area contributed by atoms with E-state index in [1.54, 1.807) is 11.3 Å². The number of benzene rings is 1. The van der Waals surface area contributed by atoms with E-state index in [4.69, 9.17) is 5.84 Å². The molecule has 0 radical (unpaired) electrons. The number of thiophene rings is 1. The second kappa shape index (κ2) is 5.77. The van der Waals surface area contributed by atoms with Crippen LogP contribution >= 0.6 is 33.9 Å². The molecule has 0 fully saturated rings. The molecular formula is C12H13IN2S. The zero-order chi connectivity index (χ0) is 11.4. The topological polar surface area (TPSA) is 38.0 Å². The first-order valence-corrected chi connectivity index (χ1v) is 7.04. The molecule has 84 valence electrons. The van der Waals surface area contributed by atoms with Crippen LogP contribution in [-0.2, 0) is 6.42 Å². The van der Waals surface area contributed by atoms with E-state index in [0.717, 1.165) is 6.42 Å². The molecule has 0 saturated carbocycles. The van der Waals surface area contributed by atoms with E-state index in [9.17, 15) is 0 Å². The van der Waals surface area contributed by atoms with Gasteiger partial charge in [0.1, 0.15) is 0 Å². The van der Waals surface area contributed by atoms with Crippen LogP contribution in [0.3, 0.4) is 0 Å². The zero-order valence-corrected chi connectivity index (χ0v) is 11.7. The van der Waals surface area contributed by atoms with Crippen molar-refractivity contribution in [3.63, 3.8) is 0 Å². The van der Waals surface area contributed by atoms with Gasteiger partial charge in [-0.05, 0) is 69.1 Å². The minimum absolute atomic E-state index is 0.200. The van der Waals surface area contributed by atoms with Gasteiger partial charge in [-0.1, -0.05) is 12.1 Å². The van der Waals surface area contributed by atoms with Crippen LogP contribution in [0.4, 0.5) is 0 Å². The number of nitrogens with one attached hydrogen (secondary N) is 1. The van der Waals surface area contributed by atoms with Gasteiger partial charge in [0.2, 0.25) is 0 Å². The summed E-state index contributed by atoms with van der Waals surface area (Å²) in [6.07, 6.45) is 0.921. The molecule has 0 amide bonds. The van der Waals surface area contributed by atoms with Crippen LogP contribution in [0.5, 0.6) is 0 Å². The van der Waals surface area contributed by atoms with Gasteiger partial charge in [-0.2, -0.15) is 11.3 Å². The highest BCUT2D eigenvalue weighted by molar-refractivity contribution is 14.1. The highest BCUT2D eigenvalue weighted by Gasteiger charge is 2.10. The van der Waals surface area contributed by atoms with E-state index in [1.807, 2.05) is 0 Å². The van der Waals surface area contributed by atoms with Gasteiger partial charge < -0.3 is 0 Å². The molecular weight excluding hydrogens is 331 g/mol. The molecule has 0 aliphatic heterocycles. The van der Waals surface area contributed by atoms with Gasteiger partial charge in [0.25, 0.3) is 0 Å². The summed E-state index contributed by atoms with van der Waals surface area (Å²) < 4.78 is 1.26. The molecule has 0 aliphatic carbocycles. The third kappa shape index (κ3) is 3.04. The molecule has 2 nitrogen and oxygen atoms in total. The van der Waals surface area contributed by atoms with E-state index in [0.29, 0.717) is 0 Å². The lowest BCUT2D eigenvalue weighted by Gasteiger charge is -2.14. The zero-order valence-electron chi connectivity index (χ0n) is 8.69. The quantitative estimate of drug-likeness (QED) is 0.508. The fourth-order valence-corrected chi connectivity index (χ4v) is 2.68. The highest BCUT2D eigenvalue weighted by atomic mass is 127. The first-order chi connectivity index (χ1) is 7.79. The molecule has 2 rings (SSSR count). The lowest BCUT2D eigenvalue weighted by Crippen LogP contribution is -2.29. The van der Waals surface area contributed by atoms with Crippen molar-refractivity contribution >= 4 is 33.9 Å². The maximum Gasteiger partial charge on any atom is 0.0508 e. The molecule has 4 heteroatoms. The monoisotopic (exact) mass is 344 g/mol. The van der Waals surface area contributed by atoms with Crippen molar-refractivity contribution in [3.8, 4) is 0 Å². The SMILES string of the molecule is NNC(Cc1ccc(I)cc1)c1ccsc1. The van der Waals surface area contributed by atoms with E-state index < -0.39 is 0 Å². The van der Waals surface area contributed by atoms with Crippen molar-refractivity contribution in [1.82, 2.24) is 5.43 Å². The standard InChI is InChI=1S/C12H13IN2S/c13-11-3-1-9(2-4-11)7-12(15-14)10-5-6-16-8-10/h1-6,8,12,15H,7,14H2. The molecule has 1 unspecified atom stereocenters. The predicted molar refractivity (Wildman–Crippen MR) is 77.2 cm³/mol. The van der Waals surface area contributed by atoms with Crippen LogP contribution < -0.4 is 11.3 Å². The average molecular weight is 344 g/mol. The van der Waals surface area contributed by atoms with Gasteiger partial charge in [0.05, 0.1) is 6.04 Å². The predicted octanol–water partition coefficient (Wildman–Crippen LogP) is 3.10. The Morgan fingerprint density at radius 3 is 2.56 bits per heavy atom. The third-order valence-electron chi connectivity index (χ3n) is 2.50. The van der Waals surface area contributed by atoms with E-state index in [-0.39, 0.29) is 6.04 Å². The van der Waals surface area contributed by atoms with E-state index in [1.165, 1.54) is 14.7 Å². The number of rotatable bonds is 4. The number of nitrogens with two attached hydrogens (primary N) is 1. The second-order valence-corrected chi connectivity index (χ2v) is 5.63. The van der Waals surface area contributed by atoms with Gasteiger partial charge in [-0.25, -0.2) is 0 Å². The summed E-state index contributed by atoms with van der Waals surface area (Å²) in [7, 11) is 0. The Bertz CT molecular complexity index is 425. The number of hydrazine groups is 1. The minimum Gasteiger partial charge on any atom is -0.271 e. The van der Waals surface area contributed by atoms with Gasteiger partial charge >= 0.3 is 0 Å². The van der Waals surface area contributed by atoms with Crippen LogP contribution in [0.15, 0.2) is 41.1 Å². The van der Waals surface area contributed by atoms with Crippen LogP contribution in [0.2, 0.25) is 0 Å². The normalized spacial score (nSPS) is 12.6. The fourth-order valence-electron chi connectivity index (χ4n) is 1.60. The number of halogens is 1. The molecule has 1 aromatic heterocycles. The van der Waals surface area contributed by atoms with Gasteiger partial charge in [0, 0.05) is 3.57 Å². The summed E-state index contributed by atoms with van der Waals surface area (Å²) >= 11 is 4.01. The van der Waals surface area contributed by atoms with E-state index >= 15 is 0 Å².